The minimum absolute atomic E-state index is 0.0199. The molecule has 0 bridgehead atoms. The third-order valence-corrected chi connectivity index (χ3v) is 3.77. The highest BCUT2D eigenvalue weighted by atomic mass is 35.5. The lowest BCUT2D eigenvalue weighted by Crippen LogP contribution is -2.30. The molecule has 0 spiro atoms. The van der Waals surface area contributed by atoms with E-state index in [1.165, 1.54) is 11.3 Å². The number of alkyl halides is 1. The van der Waals surface area contributed by atoms with Gasteiger partial charge >= 0.3 is 0 Å². The second-order valence-electron chi connectivity index (χ2n) is 3.96. The monoisotopic (exact) mass is 294 g/mol. The van der Waals surface area contributed by atoms with Crippen LogP contribution in [0.5, 0.6) is 0 Å². The normalized spacial score (nSPS) is 10.4. The van der Waals surface area contributed by atoms with Gasteiger partial charge in [-0.1, -0.05) is 30.3 Å². The molecule has 100 valence electrons. The van der Waals surface area contributed by atoms with E-state index in [2.05, 4.69) is 4.98 Å². The van der Waals surface area contributed by atoms with Crippen LogP contribution < -0.4 is 4.90 Å². The summed E-state index contributed by atoms with van der Waals surface area (Å²) in [6.45, 7) is 2.55. The lowest BCUT2D eigenvalue weighted by molar-refractivity contribution is -0.118. The number of anilines is 1. The number of carbonyl (C=O) groups is 1. The largest absolute Gasteiger partial charge is 0.288 e. The Hall–Kier alpha value is -1.39. The fourth-order valence-corrected chi connectivity index (χ4v) is 2.84. The highest BCUT2D eigenvalue weighted by molar-refractivity contribution is 7.14. The van der Waals surface area contributed by atoms with Gasteiger partial charge in [-0.2, -0.15) is 0 Å². The predicted octanol–water partition coefficient (Wildman–Crippen LogP) is 3.79. The second kappa shape index (κ2) is 6.68. The number of thiazole rings is 1. The van der Waals surface area contributed by atoms with Gasteiger partial charge in [-0.25, -0.2) is 4.98 Å². The van der Waals surface area contributed by atoms with Crippen molar-refractivity contribution < 1.29 is 4.79 Å². The number of aromatic nitrogens is 1. The predicted molar refractivity (Wildman–Crippen MR) is 80.9 cm³/mol. The highest BCUT2D eigenvalue weighted by Crippen LogP contribution is 2.27. The molecule has 2 rings (SSSR count). The van der Waals surface area contributed by atoms with Crippen molar-refractivity contribution in [3.05, 3.63) is 35.7 Å². The van der Waals surface area contributed by atoms with E-state index in [0.29, 0.717) is 18.8 Å². The van der Waals surface area contributed by atoms with Crippen LogP contribution >= 0.6 is 22.9 Å². The van der Waals surface area contributed by atoms with Crippen LogP contribution in [0.1, 0.15) is 13.3 Å². The Morgan fingerprint density at radius 3 is 2.74 bits per heavy atom. The van der Waals surface area contributed by atoms with Crippen LogP contribution in [0, 0.1) is 0 Å². The second-order valence-corrected chi connectivity index (χ2v) is 5.17. The van der Waals surface area contributed by atoms with E-state index in [1.54, 1.807) is 4.90 Å². The molecule has 0 aliphatic rings. The van der Waals surface area contributed by atoms with Gasteiger partial charge in [0.1, 0.15) is 0 Å². The molecule has 5 heteroatoms. The average molecular weight is 295 g/mol. The first-order valence-electron chi connectivity index (χ1n) is 6.13. The first-order valence-corrected chi connectivity index (χ1v) is 7.55. The summed E-state index contributed by atoms with van der Waals surface area (Å²) in [5.74, 6) is 0.359. The number of amides is 1. The molecule has 0 saturated heterocycles. The lowest BCUT2D eigenvalue weighted by atomic mass is 10.2. The maximum Gasteiger partial charge on any atom is 0.229 e. The molecule has 0 radical (unpaired) electrons. The van der Waals surface area contributed by atoms with Crippen molar-refractivity contribution in [3.63, 3.8) is 0 Å². The first-order chi connectivity index (χ1) is 9.26. The topological polar surface area (TPSA) is 33.2 Å². The summed E-state index contributed by atoms with van der Waals surface area (Å²) >= 11 is 7.10. The maximum absolute atomic E-state index is 11.9. The smallest absolute Gasteiger partial charge is 0.229 e. The summed E-state index contributed by atoms with van der Waals surface area (Å²) in [4.78, 5) is 18.1. The Morgan fingerprint density at radius 1 is 1.37 bits per heavy atom. The zero-order chi connectivity index (χ0) is 13.7. The van der Waals surface area contributed by atoms with E-state index in [-0.39, 0.29) is 5.91 Å². The number of halogens is 1. The molecular formula is C14H15ClN2OS. The number of rotatable bonds is 5. The van der Waals surface area contributed by atoms with Crippen molar-refractivity contribution in [1.29, 1.82) is 0 Å². The molecule has 0 saturated carbocycles. The van der Waals surface area contributed by atoms with Gasteiger partial charge in [0.15, 0.2) is 5.13 Å². The summed E-state index contributed by atoms with van der Waals surface area (Å²) in [5, 5.41) is 2.71. The molecule has 0 aliphatic carbocycles. The SMILES string of the molecule is CCN(C(=O)CCCl)c1nc(-c2ccccc2)cs1. The Morgan fingerprint density at radius 2 is 2.11 bits per heavy atom. The van der Waals surface area contributed by atoms with Crippen molar-refractivity contribution in [2.75, 3.05) is 17.3 Å². The van der Waals surface area contributed by atoms with E-state index in [9.17, 15) is 4.79 Å². The third-order valence-electron chi connectivity index (χ3n) is 2.72. The van der Waals surface area contributed by atoms with Gasteiger partial charge in [0.25, 0.3) is 0 Å². The van der Waals surface area contributed by atoms with Crippen LogP contribution in [-0.4, -0.2) is 23.3 Å². The first kappa shape index (κ1) is 14.0. The van der Waals surface area contributed by atoms with E-state index >= 15 is 0 Å². The third kappa shape index (κ3) is 3.33. The van der Waals surface area contributed by atoms with Crippen molar-refractivity contribution in [3.8, 4) is 11.3 Å². The molecule has 0 aliphatic heterocycles. The van der Waals surface area contributed by atoms with Crippen LogP contribution in [0.15, 0.2) is 35.7 Å². The number of hydrogen-bond donors (Lipinski definition) is 0. The van der Waals surface area contributed by atoms with Gasteiger partial charge in [-0.15, -0.1) is 22.9 Å². The summed E-state index contributed by atoms with van der Waals surface area (Å²) in [6, 6.07) is 9.94. The summed E-state index contributed by atoms with van der Waals surface area (Å²) in [7, 11) is 0. The molecule has 3 nitrogen and oxygen atoms in total. The average Bonchev–Trinajstić information content (AvgIpc) is 2.90. The summed E-state index contributed by atoms with van der Waals surface area (Å²) in [6.07, 6.45) is 0.343. The van der Waals surface area contributed by atoms with Crippen LogP contribution in [0.4, 0.5) is 5.13 Å². The summed E-state index contributed by atoms with van der Waals surface area (Å²) in [5.41, 5.74) is 1.96. The molecule has 0 fully saturated rings. The van der Waals surface area contributed by atoms with Gasteiger partial charge in [0.05, 0.1) is 5.69 Å². The van der Waals surface area contributed by atoms with Crippen molar-refractivity contribution in [2.24, 2.45) is 0 Å². The molecule has 1 aromatic heterocycles. The van der Waals surface area contributed by atoms with Crippen molar-refractivity contribution >= 4 is 34.0 Å². The molecule has 2 aromatic rings. The standard InChI is InChI=1S/C14H15ClN2OS/c1-2-17(13(18)8-9-15)14-16-12(10-19-14)11-6-4-3-5-7-11/h3-7,10H,2,8-9H2,1H3. The number of hydrogen-bond acceptors (Lipinski definition) is 3. The zero-order valence-electron chi connectivity index (χ0n) is 10.7. The van der Waals surface area contributed by atoms with Crippen LogP contribution in [0.25, 0.3) is 11.3 Å². The molecule has 0 N–H and O–H groups in total. The molecule has 1 amide bonds. The number of nitrogens with zero attached hydrogens (tertiary/aromatic N) is 2. The number of benzene rings is 1. The fraction of sp³-hybridized carbons (Fsp3) is 0.286. The Labute approximate surface area is 121 Å². The zero-order valence-corrected chi connectivity index (χ0v) is 12.2. The fourth-order valence-electron chi connectivity index (χ4n) is 1.76. The van der Waals surface area contributed by atoms with Gasteiger partial charge in [0.2, 0.25) is 5.91 Å². The van der Waals surface area contributed by atoms with Crippen LogP contribution in [-0.2, 0) is 4.79 Å². The van der Waals surface area contributed by atoms with Crippen LogP contribution in [0.3, 0.4) is 0 Å². The highest BCUT2D eigenvalue weighted by Gasteiger charge is 2.16. The Balaban J connectivity index is 2.22. The van der Waals surface area contributed by atoms with Crippen LogP contribution in [0.2, 0.25) is 0 Å². The maximum atomic E-state index is 11.9. The van der Waals surface area contributed by atoms with E-state index < -0.39 is 0 Å². The Kier molecular flexibility index (Phi) is 4.93. The molecule has 19 heavy (non-hydrogen) atoms. The molecule has 0 unspecified atom stereocenters. The molecular weight excluding hydrogens is 280 g/mol. The summed E-state index contributed by atoms with van der Waals surface area (Å²) < 4.78 is 0. The molecule has 0 atom stereocenters. The van der Waals surface area contributed by atoms with E-state index in [1.807, 2.05) is 42.6 Å². The van der Waals surface area contributed by atoms with Crippen molar-refractivity contribution in [2.45, 2.75) is 13.3 Å². The number of carbonyl (C=O) groups excluding carboxylic acids is 1. The van der Waals surface area contributed by atoms with Gasteiger partial charge < -0.3 is 0 Å². The quantitative estimate of drug-likeness (QED) is 0.786. The molecule has 1 aromatic carbocycles. The van der Waals surface area contributed by atoms with Gasteiger partial charge in [-0.05, 0) is 6.92 Å². The minimum atomic E-state index is 0.0199. The minimum Gasteiger partial charge on any atom is -0.288 e. The van der Waals surface area contributed by atoms with E-state index in [4.69, 9.17) is 11.6 Å². The van der Waals surface area contributed by atoms with E-state index in [0.717, 1.165) is 16.4 Å². The lowest BCUT2D eigenvalue weighted by Gasteiger charge is -2.16. The molecule has 1 heterocycles. The van der Waals surface area contributed by atoms with Gasteiger partial charge in [-0.3, -0.25) is 9.69 Å². The van der Waals surface area contributed by atoms with Gasteiger partial charge in [0, 0.05) is 29.8 Å². The Bertz CT molecular complexity index is 541. The van der Waals surface area contributed by atoms with Crippen molar-refractivity contribution in [1.82, 2.24) is 4.98 Å².